The Balaban J connectivity index is 1.23. The second-order valence-corrected chi connectivity index (χ2v) is 24.1. The molecule has 7 amide bonds. The van der Waals surface area contributed by atoms with Crippen LogP contribution in [0.2, 0.25) is 0 Å². The molecule has 3 aliphatic rings. The number of carbonyl (C=O) groups excluding carboxylic acids is 7. The molecule has 13 N–H and O–H groups in total. The van der Waals surface area contributed by atoms with Crippen molar-refractivity contribution < 1.29 is 88.4 Å². The second-order valence-electron chi connectivity index (χ2n) is 24.1. The lowest BCUT2D eigenvalue weighted by Gasteiger charge is -2.34. The molecule has 7 rings (SSSR count). The van der Waals surface area contributed by atoms with Crippen LogP contribution in [0.3, 0.4) is 0 Å². The Morgan fingerprint density at radius 2 is 1.18 bits per heavy atom. The van der Waals surface area contributed by atoms with Gasteiger partial charge in [0.25, 0.3) is 5.91 Å². The SMILES string of the molecule is CCCCCOc1ccc(-c2ccc(-c3ccc(C(=O)NC4C[C@@H](O)[C@H](OCC[N+](C)(C)C)NC(=O)C5[C@@H](O)[C@@H](C)CN5C(=O)C([C@@H](C)O)NC(=O)C([C@H](O)[C@@H](O)c5ccc(O)cc5)NC(=O)C5C[C@@H](O)CN5C(=O)C([C@@H](C)O)NC4=O)cc3)cc2)cc1. The summed E-state index contributed by atoms with van der Waals surface area (Å²) >= 11 is 0. The normalized spacial score (nSPS) is 26.7. The number of carbonyl (C=O) groups is 7. The number of quaternary nitrogens is 1. The highest BCUT2D eigenvalue weighted by Gasteiger charge is 2.50. The summed E-state index contributed by atoms with van der Waals surface area (Å²) in [6, 6.07) is 15.3. The van der Waals surface area contributed by atoms with Gasteiger partial charge in [0.15, 0.2) is 6.23 Å². The first kappa shape index (κ1) is 67.9. The molecule has 0 saturated carbocycles. The van der Waals surface area contributed by atoms with Crippen molar-refractivity contribution in [2.24, 2.45) is 5.92 Å². The number of benzene rings is 4. The zero-order valence-electron chi connectivity index (χ0n) is 50.6. The molecule has 0 spiro atoms. The summed E-state index contributed by atoms with van der Waals surface area (Å²) in [6.45, 7) is 5.80. The van der Waals surface area contributed by atoms with Crippen LogP contribution in [-0.2, 0) is 33.5 Å². The molecular formula is C63H85N8O17+. The minimum absolute atomic E-state index is 0.0470. The van der Waals surface area contributed by atoms with E-state index in [1.54, 1.807) is 12.1 Å². The van der Waals surface area contributed by atoms with Crippen LogP contribution >= 0.6 is 0 Å². The van der Waals surface area contributed by atoms with Crippen molar-refractivity contribution >= 4 is 41.4 Å². The topological polar surface area (TPSA) is 366 Å². The maximum Gasteiger partial charge on any atom is 0.251 e. The van der Waals surface area contributed by atoms with Gasteiger partial charge in [-0.2, -0.15) is 0 Å². The Labute approximate surface area is 511 Å². The Hall–Kier alpha value is -7.59. The highest BCUT2D eigenvalue weighted by Crippen LogP contribution is 2.30. The number of fused-ring (bicyclic) bond motifs is 2. The second kappa shape index (κ2) is 30.1. The minimum Gasteiger partial charge on any atom is -0.508 e. The Kier molecular flexibility index (Phi) is 23.2. The summed E-state index contributed by atoms with van der Waals surface area (Å²) in [6.07, 6.45) is -12.6. The molecule has 3 saturated heterocycles. The van der Waals surface area contributed by atoms with Crippen LogP contribution in [0.25, 0.3) is 22.3 Å². The zero-order valence-corrected chi connectivity index (χ0v) is 50.6. The van der Waals surface area contributed by atoms with Gasteiger partial charge in [-0.05, 0) is 84.5 Å². The minimum atomic E-state index is -2.29. The highest BCUT2D eigenvalue weighted by atomic mass is 16.5. The Morgan fingerprint density at radius 3 is 1.74 bits per heavy atom. The van der Waals surface area contributed by atoms with Gasteiger partial charge in [-0.1, -0.05) is 87.4 Å². The molecule has 25 nitrogen and oxygen atoms in total. The maximum atomic E-state index is 14.8. The number of hydrogen-bond acceptors (Lipinski definition) is 17. The van der Waals surface area contributed by atoms with Crippen molar-refractivity contribution in [2.45, 2.75) is 145 Å². The molecule has 4 aromatic carbocycles. The standard InChI is InChI=1S/C63H84N8O17/c1-8-9-10-28-87-45-25-21-40(22-26-45)38-13-11-37(12-14-38)39-15-17-42(18-16-39)56(80)64-46-31-48(76)61(88-29-27-71(5,6)7)68-60(84)52-53(77)34(2)32-70(52)63(86)50(36(4)73)66-59(83)51(55(79)54(78)41-19-23-43(74)24-20-41)67-58(82)47-30-44(75)33-69(47)62(85)49(35(3)72)65-57(46)81/h11-26,34-36,44,46-55,61,72-73,75-79H,8-10,27-33H2,1-7H3,(H5-,64,65,66,67,68,74,80,81,82,83,84)/p+1/t34-,35+,36+,44+,46?,47?,48+,49?,50?,51?,52?,53-,54-,55-,61-/m0/s1. The largest absolute Gasteiger partial charge is 0.508 e. The first-order chi connectivity index (χ1) is 41.6. The number of aliphatic hydroxyl groups excluding tert-OH is 7. The van der Waals surface area contributed by atoms with Gasteiger partial charge in [0.1, 0.15) is 72.6 Å². The molecule has 3 aliphatic heterocycles. The van der Waals surface area contributed by atoms with Gasteiger partial charge in [0.05, 0.1) is 58.8 Å². The smallest absolute Gasteiger partial charge is 0.251 e. The number of aromatic hydroxyl groups is 1. The molecule has 4 aromatic rings. The van der Waals surface area contributed by atoms with E-state index in [1.165, 1.54) is 43.3 Å². The average molecular weight is 1230 g/mol. The van der Waals surface area contributed by atoms with Crippen LogP contribution < -0.4 is 31.3 Å². The predicted octanol–water partition coefficient (Wildman–Crippen LogP) is -0.197. The number of amides is 7. The van der Waals surface area contributed by atoms with Crippen LogP contribution in [0.4, 0.5) is 0 Å². The van der Waals surface area contributed by atoms with Gasteiger partial charge in [-0.3, -0.25) is 33.6 Å². The van der Waals surface area contributed by atoms with Crippen molar-refractivity contribution in [1.82, 2.24) is 36.4 Å². The van der Waals surface area contributed by atoms with E-state index in [4.69, 9.17) is 9.47 Å². The van der Waals surface area contributed by atoms with Gasteiger partial charge in [0.2, 0.25) is 35.4 Å². The summed E-state index contributed by atoms with van der Waals surface area (Å²) in [5.74, 6) is -8.24. The number of hydrogen-bond donors (Lipinski definition) is 13. The van der Waals surface area contributed by atoms with E-state index in [2.05, 4.69) is 33.5 Å². The zero-order chi connectivity index (χ0) is 64.3. The van der Waals surface area contributed by atoms with Crippen LogP contribution in [0, 0.1) is 5.92 Å². The molecule has 0 aromatic heterocycles. The number of nitrogens with zero attached hydrogens (tertiary/aromatic N) is 3. The number of phenols is 1. The van der Waals surface area contributed by atoms with E-state index in [0.717, 1.165) is 70.9 Å². The fourth-order valence-electron chi connectivity index (χ4n) is 10.8. The number of phenolic OH excluding ortho intramolecular Hbond substituents is 1. The van der Waals surface area contributed by atoms with Crippen molar-refractivity contribution in [2.75, 3.05) is 54.0 Å². The van der Waals surface area contributed by atoms with Gasteiger partial charge in [-0.25, -0.2) is 0 Å². The summed E-state index contributed by atoms with van der Waals surface area (Å²) in [5, 5.41) is 103. The molecule has 3 fully saturated rings. The summed E-state index contributed by atoms with van der Waals surface area (Å²) in [4.78, 5) is 104. The van der Waals surface area contributed by atoms with Crippen molar-refractivity contribution in [3.63, 3.8) is 0 Å². The van der Waals surface area contributed by atoms with Gasteiger partial charge >= 0.3 is 0 Å². The van der Waals surface area contributed by atoms with Crippen LogP contribution in [0.15, 0.2) is 97.1 Å². The van der Waals surface area contributed by atoms with Crippen LogP contribution in [-0.4, -0.2) is 230 Å². The molecule has 15 atom stereocenters. The number of aliphatic hydroxyl groups is 7. The Morgan fingerprint density at radius 1 is 0.648 bits per heavy atom. The van der Waals surface area contributed by atoms with Crippen LogP contribution in [0.5, 0.6) is 11.5 Å². The lowest BCUT2D eigenvalue weighted by atomic mass is 9.96. The summed E-state index contributed by atoms with van der Waals surface area (Å²) in [7, 11) is 5.52. The van der Waals surface area contributed by atoms with Crippen LogP contribution in [0.1, 0.15) is 81.8 Å². The lowest BCUT2D eigenvalue weighted by molar-refractivity contribution is -0.870. The van der Waals surface area contributed by atoms with Crippen molar-refractivity contribution in [1.29, 1.82) is 0 Å². The van der Waals surface area contributed by atoms with Crippen molar-refractivity contribution in [3.8, 4) is 33.8 Å². The van der Waals surface area contributed by atoms with Crippen molar-refractivity contribution in [3.05, 3.63) is 108 Å². The molecule has 25 heteroatoms. The third-order valence-electron chi connectivity index (χ3n) is 16.1. The first-order valence-electron chi connectivity index (χ1n) is 29.7. The molecule has 0 radical (unpaired) electrons. The summed E-state index contributed by atoms with van der Waals surface area (Å²) in [5.41, 5.74) is 3.48. The molecule has 478 valence electrons. The van der Waals surface area contributed by atoms with Gasteiger partial charge in [0, 0.05) is 37.4 Å². The molecule has 6 unspecified atom stereocenters. The number of nitrogens with one attached hydrogen (secondary N) is 5. The van der Waals surface area contributed by atoms with E-state index in [1.807, 2.05) is 69.7 Å². The molecule has 0 bridgehead atoms. The molecule has 0 aliphatic carbocycles. The quantitative estimate of drug-likeness (QED) is 0.0453. The Bertz CT molecular complexity index is 3040. The predicted molar refractivity (Wildman–Crippen MR) is 320 cm³/mol. The monoisotopic (exact) mass is 1230 g/mol. The van der Waals surface area contributed by atoms with Gasteiger partial charge in [-0.15, -0.1) is 0 Å². The van der Waals surface area contributed by atoms with Gasteiger partial charge < -0.3 is 91.2 Å². The number of rotatable bonds is 18. The highest BCUT2D eigenvalue weighted by molar-refractivity contribution is 6.00. The number of likely N-dealkylation sites (N-methyl/N-ethyl adjacent to an activating group) is 1. The van der Waals surface area contributed by atoms with E-state index in [0.29, 0.717) is 11.1 Å². The first-order valence-corrected chi connectivity index (χ1v) is 29.7. The number of ether oxygens (including phenoxy) is 2. The molecule has 88 heavy (non-hydrogen) atoms. The van der Waals surface area contributed by atoms with E-state index >= 15 is 0 Å². The average Bonchev–Trinajstić information content (AvgIpc) is 2.08. The fraction of sp³-hybridized carbons (Fsp3) is 0.508. The third-order valence-corrected chi connectivity index (χ3v) is 16.1. The lowest BCUT2D eigenvalue weighted by Crippen LogP contribution is -2.64. The maximum absolute atomic E-state index is 14.8. The van der Waals surface area contributed by atoms with E-state index in [-0.39, 0.29) is 36.6 Å². The fourth-order valence-corrected chi connectivity index (χ4v) is 10.8. The molecule has 3 heterocycles. The van der Waals surface area contributed by atoms with E-state index in [9.17, 15) is 74.4 Å². The third kappa shape index (κ3) is 17.2. The van der Waals surface area contributed by atoms with E-state index < -0.39 is 152 Å². The molecular weight excluding hydrogens is 1140 g/mol. The summed E-state index contributed by atoms with van der Waals surface area (Å²) < 4.78 is 12.3. The number of unbranched alkanes of at least 4 members (excludes halogenated alkanes) is 2.